The fourth-order valence-corrected chi connectivity index (χ4v) is 4.78. The number of fused-ring (bicyclic) bond motifs is 1. The maximum absolute atomic E-state index is 13.6. The minimum Gasteiger partial charge on any atom is -0.443 e. The highest BCUT2D eigenvalue weighted by Crippen LogP contribution is 2.42. The van der Waals surface area contributed by atoms with Gasteiger partial charge in [-0.3, -0.25) is 4.90 Å². The van der Waals surface area contributed by atoms with Gasteiger partial charge >= 0.3 is 18.4 Å². The van der Waals surface area contributed by atoms with Gasteiger partial charge in [0.2, 0.25) is 0 Å². The molecule has 2 heterocycles. The number of H-pyrrole nitrogens is 1. The summed E-state index contributed by atoms with van der Waals surface area (Å²) in [5, 5.41) is 13.9. The Kier molecular flexibility index (Phi) is 7.98. The van der Waals surface area contributed by atoms with E-state index in [4.69, 9.17) is 4.74 Å². The monoisotopic (exact) mass is 584 g/mol. The number of carbonyl (C=O) groups is 1. The Labute approximate surface area is 232 Å². The molecule has 1 N–H and O–H groups in total. The molecule has 2 aromatic carbocycles. The van der Waals surface area contributed by atoms with Crippen LogP contribution in [0.4, 0.5) is 42.8 Å². The van der Waals surface area contributed by atoms with Crippen molar-refractivity contribution in [1.82, 2.24) is 20.6 Å². The van der Waals surface area contributed by atoms with Crippen LogP contribution in [0.2, 0.25) is 0 Å². The number of amides is 1. The zero-order valence-corrected chi connectivity index (χ0v) is 23.1. The first-order chi connectivity index (χ1) is 18.9. The summed E-state index contributed by atoms with van der Waals surface area (Å²) < 4.78 is 87.2. The second kappa shape index (κ2) is 10.9. The van der Waals surface area contributed by atoms with E-state index in [2.05, 4.69) is 20.6 Å². The number of aryl methyl sites for hydroxylation is 2. The second-order valence-corrected chi connectivity index (χ2v) is 11.0. The molecule has 0 bridgehead atoms. The minimum atomic E-state index is -5.00. The van der Waals surface area contributed by atoms with Crippen molar-refractivity contribution in [3.8, 4) is 0 Å². The van der Waals surface area contributed by atoms with Crippen molar-refractivity contribution in [2.24, 2.45) is 0 Å². The van der Waals surface area contributed by atoms with Crippen LogP contribution in [0, 0.1) is 13.8 Å². The fraction of sp³-hybridized carbons (Fsp3) is 0.481. The van der Waals surface area contributed by atoms with Crippen LogP contribution in [0.1, 0.15) is 73.0 Å². The Morgan fingerprint density at radius 1 is 1.00 bits per heavy atom. The van der Waals surface area contributed by atoms with Gasteiger partial charge in [0.1, 0.15) is 5.60 Å². The van der Waals surface area contributed by atoms with Crippen molar-refractivity contribution in [1.29, 1.82) is 0 Å². The molecular weight excluding hydrogens is 554 g/mol. The normalized spacial score (nSPS) is 16.3. The zero-order valence-electron chi connectivity index (χ0n) is 23.1. The molecule has 1 aromatic heterocycles. The molecule has 1 aliphatic heterocycles. The molecule has 14 heteroatoms. The number of aromatic amines is 1. The molecule has 3 aromatic rings. The first-order valence-corrected chi connectivity index (χ1v) is 12.8. The van der Waals surface area contributed by atoms with Crippen LogP contribution < -0.4 is 9.80 Å². The van der Waals surface area contributed by atoms with Crippen molar-refractivity contribution in [2.75, 3.05) is 16.3 Å². The van der Waals surface area contributed by atoms with Crippen LogP contribution in [0.5, 0.6) is 0 Å². The number of anilines is 2. The lowest BCUT2D eigenvalue weighted by Gasteiger charge is -2.33. The molecule has 0 saturated heterocycles. The van der Waals surface area contributed by atoms with Gasteiger partial charge in [-0.15, -0.1) is 5.10 Å². The summed E-state index contributed by atoms with van der Waals surface area (Å²) in [6, 6.07) is 4.53. The van der Waals surface area contributed by atoms with Crippen LogP contribution in [0.3, 0.4) is 0 Å². The van der Waals surface area contributed by atoms with E-state index in [0.717, 1.165) is 11.1 Å². The van der Waals surface area contributed by atoms with Crippen LogP contribution in [-0.4, -0.2) is 38.9 Å². The number of benzene rings is 2. The number of hydrogen-bond donors (Lipinski definition) is 1. The summed E-state index contributed by atoms with van der Waals surface area (Å²) >= 11 is 0. The summed E-state index contributed by atoms with van der Waals surface area (Å²) in [4.78, 5) is 16.2. The molecule has 4 rings (SSSR count). The number of hydrogen-bond acceptors (Lipinski definition) is 6. The van der Waals surface area contributed by atoms with Crippen LogP contribution in [-0.2, 0) is 23.6 Å². The van der Waals surface area contributed by atoms with E-state index in [1.165, 1.54) is 9.80 Å². The number of ether oxygens (including phenoxy) is 1. The molecular formula is C27H30F6N6O2. The lowest BCUT2D eigenvalue weighted by atomic mass is 9.95. The van der Waals surface area contributed by atoms with Gasteiger partial charge in [0, 0.05) is 13.1 Å². The number of nitrogens with one attached hydrogen (secondary N) is 1. The van der Waals surface area contributed by atoms with Gasteiger partial charge in [-0.25, -0.2) is 4.79 Å². The van der Waals surface area contributed by atoms with E-state index in [1.807, 2.05) is 26.0 Å². The molecule has 222 valence electrons. The van der Waals surface area contributed by atoms with Crippen molar-refractivity contribution in [3.05, 3.63) is 63.7 Å². The molecule has 0 aliphatic carbocycles. The molecule has 0 spiro atoms. The van der Waals surface area contributed by atoms with Crippen molar-refractivity contribution in [3.63, 3.8) is 0 Å². The highest BCUT2D eigenvalue weighted by atomic mass is 19.4. The Morgan fingerprint density at radius 2 is 1.61 bits per heavy atom. The quantitative estimate of drug-likeness (QED) is 0.328. The largest absolute Gasteiger partial charge is 0.443 e. The van der Waals surface area contributed by atoms with Gasteiger partial charge < -0.3 is 9.64 Å². The molecule has 0 saturated carbocycles. The Bertz CT molecular complexity index is 1370. The Balaban J connectivity index is 1.85. The van der Waals surface area contributed by atoms with Gasteiger partial charge in [0.05, 0.1) is 22.9 Å². The van der Waals surface area contributed by atoms with E-state index in [1.54, 1.807) is 20.8 Å². The van der Waals surface area contributed by atoms with Gasteiger partial charge in [0.15, 0.2) is 0 Å². The second-order valence-electron chi connectivity index (χ2n) is 11.0. The topological polar surface area (TPSA) is 87.2 Å². The fourth-order valence-electron chi connectivity index (χ4n) is 4.78. The number of nitrogens with zero attached hydrogens (tertiary/aromatic N) is 5. The van der Waals surface area contributed by atoms with E-state index < -0.39 is 47.8 Å². The van der Waals surface area contributed by atoms with E-state index in [0.29, 0.717) is 36.2 Å². The summed E-state index contributed by atoms with van der Waals surface area (Å²) in [5.74, 6) is -0.0177. The summed E-state index contributed by atoms with van der Waals surface area (Å²) in [6.45, 7) is 8.87. The van der Waals surface area contributed by atoms with Crippen LogP contribution >= 0.6 is 0 Å². The number of tetrazole rings is 1. The average Bonchev–Trinajstić information content (AvgIpc) is 3.31. The van der Waals surface area contributed by atoms with Crippen molar-refractivity contribution in [2.45, 2.75) is 78.0 Å². The third-order valence-electron chi connectivity index (χ3n) is 6.73. The van der Waals surface area contributed by atoms with E-state index >= 15 is 0 Å². The summed E-state index contributed by atoms with van der Waals surface area (Å²) in [5.41, 5.74) is -0.918. The molecule has 8 nitrogen and oxygen atoms in total. The standard InChI is InChI=1S/C27H30F6N6O2/c1-15-9-20-21(7-6-8-38(22(20)10-16(15)2)24(40)41-25(3,4)5)39(23-34-36-37-35-23)14-17-11-18(26(28,29)30)13-19(12-17)27(31,32)33/h9-13,21H,6-8,14H2,1-5H3,(H,34,35,36,37). The predicted octanol–water partition coefficient (Wildman–Crippen LogP) is 7.14. The number of rotatable bonds is 4. The highest BCUT2D eigenvalue weighted by molar-refractivity contribution is 5.89. The highest BCUT2D eigenvalue weighted by Gasteiger charge is 2.38. The smallest absolute Gasteiger partial charge is 0.416 e. The van der Waals surface area contributed by atoms with Crippen molar-refractivity contribution < 1.29 is 35.9 Å². The first kappa shape index (κ1) is 30.1. The third kappa shape index (κ3) is 6.91. The lowest BCUT2D eigenvalue weighted by molar-refractivity contribution is -0.143. The molecule has 0 radical (unpaired) electrons. The SMILES string of the molecule is Cc1cc2c(cc1C)N(C(=O)OC(C)(C)C)CCCC2N(Cc1cc(C(F)(F)F)cc(C(F)(F)F)c1)c1nn[nH]n1. The van der Waals surface area contributed by atoms with Crippen molar-refractivity contribution >= 4 is 17.7 Å². The Hall–Kier alpha value is -3.84. The number of halogens is 6. The lowest BCUT2D eigenvalue weighted by Crippen LogP contribution is -2.37. The molecule has 1 atom stereocenters. The molecule has 1 amide bonds. The van der Waals surface area contributed by atoms with Gasteiger partial charge in [-0.2, -0.15) is 31.6 Å². The number of aromatic nitrogens is 4. The predicted molar refractivity (Wildman–Crippen MR) is 138 cm³/mol. The van der Waals surface area contributed by atoms with Gasteiger partial charge in [-0.05, 0) is 99.2 Å². The molecule has 41 heavy (non-hydrogen) atoms. The third-order valence-corrected chi connectivity index (χ3v) is 6.73. The molecule has 1 aliphatic rings. The number of carbonyl (C=O) groups excluding carboxylic acids is 1. The van der Waals surface area contributed by atoms with E-state index in [9.17, 15) is 31.1 Å². The van der Waals surface area contributed by atoms with Gasteiger partial charge in [-0.1, -0.05) is 11.2 Å². The van der Waals surface area contributed by atoms with Crippen LogP contribution in [0.15, 0.2) is 30.3 Å². The van der Waals surface area contributed by atoms with Crippen LogP contribution in [0.25, 0.3) is 0 Å². The summed E-state index contributed by atoms with van der Waals surface area (Å²) in [7, 11) is 0. The average molecular weight is 585 g/mol. The molecule has 1 unspecified atom stereocenters. The number of alkyl halides is 6. The van der Waals surface area contributed by atoms with Gasteiger partial charge in [0.25, 0.3) is 5.95 Å². The molecule has 0 fully saturated rings. The summed E-state index contributed by atoms with van der Waals surface area (Å²) in [6.07, 6.45) is -9.73. The first-order valence-electron chi connectivity index (χ1n) is 12.8. The maximum Gasteiger partial charge on any atom is 0.416 e. The van der Waals surface area contributed by atoms with E-state index in [-0.39, 0.29) is 24.1 Å². The zero-order chi connectivity index (χ0) is 30.3. The Morgan fingerprint density at radius 3 is 2.15 bits per heavy atom. The maximum atomic E-state index is 13.6. The minimum absolute atomic E-state index is 0.0177.